The minimum Gasteiger partial charge on any atom is -0.350 e. The molecule has 1 aliphatic rings. The van der Waals surface area contributed by atoms with Crippen LogP contribution in [0.1, 0.15) is 19.8 Å². The predicted molar refractivity (Wildman–Crippen MR) is 49.3 cm³/mol. The molecule has 0 aliphatic carbocycles. The van der Waals surface area contributed by atoms with Gasteiger partial charge in [-0.25, -0.2) is 8.42 Å². The molecular formula is C8H16O4S. The van der Waals surface area contributed by atoms with Crippen LogP contribution in [0.15, 0.2) is 0 Å². The molecule has 1 fully saturated rings. The first-order valence-electron chi connectivity index (χ1n) is 4.57. The number of ether oxygens (including phenoxy) is 2. The summed E-state index contributed by atoms with van der Waals surface area (Å²) >= 11 is 0. The summed E-state index contributed by atoms with van der Waals surface area (Å²) in [6, 6.07) is 0. The van der Waals surface area contributed by atoms with Crippen LogP contribution in [-0.4, -0.2) is 39.4 Å². The van der Waals surface area contributed by atoms with Crippen molar-refractivity contribution in [2.24, 2.45) is 0 Å². The second-order valence-electron chi connectivity index (χ2n) is 3.05. The van der Waals surface area contributed by atoms with Crippen LogP contribution in [0.25, 0.3) is 0 Å². The molecule has 1 saturated heterocycles. The minimum atomic E-state index is -2.82. The summed E-state index contributed by atoms with van der Waals surface area (Å²) in [5, 5.41) is 0. The van der Waals surface area contributed by atoms with Gasteiger partial charge in [0.15, 0.2) is 6.29 Å². The molecule has 1 rings (SSSR count). The Labute approximate surface area is 79.1 Å². The van der Waals surface area contributed by atoms with Crippen molar-refractivity contribution in [2.45, 2.75) is 26.1 Å². The van der Waals surface area contributed by atoms with Gasteiger partial charge in [-0.15, -0.1) is 0 Å². The Morgan fingerprint density at radius 2 is 1.92 bits per heavy atom. The second kappa shape index (κ2) is 4.93. The first kappa shape index (κ1) is 10.9. The third kappa shape index (κ3) is 4.06. The van der Waals surface area contributed by atoms with Gasteiger partial charge in [-0.2, -0.15) is 0 Å². The Hall–Kier alpha value is -0.130. The van der Waals surface area contributed by atoms with Crippen molar-refractivity contribution in [1.82, 2.24) is 0 Å². The molecule has 0 amide bonds. The lowest BCUT2D eigenvalue weighted by Crippen LogP contribution is -2.13. The number of hydrogen-bond donors (Lipinski definition) is 0. The van der Waals surface area contributed by atoms with Crippen LogP contribution in [0.4, 0.5) is 0 Å². The van der Waals surface area contributed by atoms with Crippen molar-refractivity contribution in [3.8, 4) is 0 Å². The van der Waals surface area contributed by atoms with E-state index in [9.17, 15) is 8.42 Å². The summed E-state index contributed by atoms with van der Waals surface area (Å²) in [5.74, 6) is 0.464. The van der Waals surface area contributed by atoms with Gasteiger partial charge in [0.05, 0.1) is 19.0 Å². The Bertz CT molecular complexity index is 229. The Kier molecular flexibility index (Phi) is 4.15. The highest BCUT2D eigenvalue weighted by Crippen LogP contribution is 2.10. The maximum atomic E-state index is 11.1. The fourth-order valence-electron chi connectivity index (χ4n) is 1.19. The summed E-state index contributed by atoms with van der Waals surface area (Å²) in [7, 11) is -2.82. The van der Waals surface area contributed by atoms with Crippen LogP contribution in [0.3, 0.4) is 0 Å². The van der Waals surface area contributed by atoms with E-state index in [1.54, 1.807) is 6.92 Å². The molecule has 0 aromatic carbocycles. The van der Waals surface area contributed by atoms with Crippen LogP contribution < -0.4 is 0 Å². The topological polar surface area (TPSA) is 52.6 Å². The molecule has 0 aromatic heterocycles. The normalized spacial score (nSPS) is 19.5. The molecule has 13 heavy (non-hydrogen) atoms. The van der Waals surface area contributed by atoms with E-state index in [1.165, 1.54) is 0 Å². The third-order valence-corrected chi connectivity index (χ3v) is 3.82. The zero-order valence-electron chi connectivity index (χ0n) is 7.86. The lowest BCUT2D eigenvalue weighted by atomic mass is 10.3. The molecule has 0 unspecified atom stereocenters. The highest BCUT2D eigenvalue weighted by atomic mass is 32.2. The van der Waals surface area contributed by atoms with E-state index < -0.39 is 9.84 Å². The molecule has 4 nitrogen and oxygen atoms in total. The van der Waals surface area contributed by atoms with Crippen LogP contribution in [0.2, 0.25) is 0 Å². The van der Waals surface area contributed by atoms with Gasteiger partial charge in [0.25, 0.3) is 0 Å². The van der Waals surface area contributed by atoms with E-state index in [0.717, 1.165) is 0 Å². The van der Waals surface area contributed by atoms with Crippen molar-refractivity contribution in [3.63, 3.8) is 0 Å². The van der Waals surface area contributed by atoms with Crippen LogP contribution in [-0.2, 0) is 19.3 Å². The SMILES string of the molecule is CCS(=O)(=O)CCCC1OCCO1. The van der Waals surface area contributed by atoms with Gasteiger partial charge < -0.3 is 9.47 Å². The molecule has 0 bridgehead atoms. The molecule has 0 radical (unpaired) electrons. The number of hydrogen-bond acceptors (Lipinski definition) is 4. The van der Waals surface area contributed by atoms with Crippen LogP contribution in [0.5, 0.6) is 0 Å². The maximum Gasteiger partial charge on any atom is 0.157 e. The van der Waals surface area contributed by atoms with E-state index >= 15 is 0 Å². The monoisotopic (exact) mass is 208 g/mol. The van der Waals surface area contributed by atoms with E-state index in [1.807, 2.05) is 0 Å². The molecule has 1 aliphatic heterocycles. The summed E-state index contributed by atoms with van der Waals surface area (Å²) in [4.78, 5) is 0. The van der Waals surface area contributed by atoms with Crippen molar-refractivity contribution in [2.75, 3.05) is 24.7 Å². The molecule has 0 N–H and O–H groups in total. The molecule has 5 heteroatoms. The Balaban J connectivity index is 2.13. The van der Waals surface area contributed by atoms with Gasteiger partial charge >= 0.3 is 0 Å². The first-order chi connectivity index (χ1) is 6.14. The Morgan fingerprint density at radius 3 is 2.46 bits per heavy atom. The van der Waals surface area contributed by atoms with E-state index in [4.69, 9.17) is 9.47 Å². The zero-order valence-corrected chi connectivity index (χ0v) is 8.68. The van der Waals surface area contributed by atoms with Crippen LogP contribution >= 0.6 is 0 Å². The summed E-state index contributed by atoms with van der Waals surface area (Å²) in [6.07, 6.45) is 1.13. The highest BCUT2D eigenvalue weighted by Gasteiger charge is 2.16. The third-order valence-electron chi connectivity index (χ3n) is 2.03. The van der Waals surface area contributed by atoms with Crippen molar-refractivity contribution in [1.29, 1.82) is 0 Å². The largest absolute Gasteiger partial charge is 0.350 e. The van der Waals surface area contributed by atoms with Gasteiger partial charge in [-0.3, -0.25) is 0 Å². The average Bonchev–Trinajstić information content (AvgIpc) is 2.57. The fraction of sp³-hybridized carbons (Fsp3) is 1.00. The maximum absolute atomic E-state index is 11.1. The lowest BCUT2D eigenvalue weighted by molar-refractivity contribution is -0.0467. The van der Waals surface area contributed by atoms with Crippen molar-refractivity contribution >= 4 is 9.84 Å². The number of sulfone groups is 1. The first-order valence-corrected chi connectivity index (χ1v) is 6.40. The zero-order chi connectivity index (χ0) is 9.73. The summed E-state index contributed by atoms with van der Waals surface area (Å²) in [5.41, 5.74) is 0. The molecule has 0 atom stereocenters. The summed E-state index contributed by atoms with van der Waals surface area (Å²) < 4.78 is 32.6. The highest BCUT2D eigenvalue weighted by molar-refractivity contribution is 7.91. The predicted octanol–water partition coefficient (Wildman–Crippen LogP) is 0.574. The van der Waals surface area contributed by atoms with Crippen molar-refractivity contribution < 1.29 is 17.9 Å². The molecule has 0 spiro atoms. The lowest BCUT2D eigenvalue weighted by Gasteiger charge is -2.07. The quantitative estimate of drug-likeness (QED) is 0.663. The standard InChI is InChI=1S/C8H16O4S/c1-2-13(9,10)7-3-4-8-11-5-6-12-8/h8H,2-7H2,1H3. The molecule has 1 heterocycles. The van der Waals surface area contributed by atoms with Gasteiger partial charge in [-0.05, 0) is 12.8 Å². The van der Waals surface area contributed by atoms with E-state index in [2.05, 4.69) is 0 Å². The smallest absolute Gasteiger partial charge is 0.157 e. The van der Waals surface area contributed by atoms with Crippen molar-refractivity contribution in [3.05, 3.63) is 0 Å². The molecule has 78 valence electrons. The van der Waals surface area contributed by atoms with Gasteiger partial charge in [0.2, 0.25) is 0 Å². The second-order valence-corrected chi connectivity index (χ2v) is 5.52. The minimum absolute atomic E-state index is 0.174. The van der Waals surface area contributed by atoms with Gasteiger partial charge in [0, 0.05) is 5.75 Å². The van der Waals surface area contributed by atoms with Gasteiger partial charge in [-0.1, -0.05) is 6.92 Å². The fourth-order valence-corrected chi connectivity index (χ4v) is 2.08. The molecule has 0 aromatic rings. The molecule has 0 saturated carbocycles. The average molecular weight is 208 g/mol. The van der Waals surface area contributed by atoms with E-state index in [0.29, 0.717) is 26.1 Å². The van der Waals surface area contributed by atoms with E-state index in [-0.39, 0.29) is 17.8 Å². The Morgan fingerprint density at radius 1 is 1.31 bits per heavy atom. The molecular weight excluding hydrogens is 192 g/mol. The van der Waals surface area contributed by atoms with Gasteiger partial charge in [0.1, 0.15) is 9.84 Å². The summed E-state index contributed by atoms with van der Waals surface area (Å²) in [6.45, 7) is 2.92. The number of rotatable bonds is 5. The van der Waals surface area contributed by atoms with Crippen LogP contribution in [0, 0.1) is 0 Å².